The summed E-state index contributed by atoms with van der Waals surface area (Å²) >= 11 is 0. The first-order valence-electron chi connectivity index (χ1n) is 6.92. The van der Waals surface area contributed by atoms with E-state index in [-0.39, 0.29) is 5.78 Å². The Hall–Kier alpha value is -2.07. The van der Waals surface area contributed by atoms with Gasteiger partial charge in [0.05, 0.1) is 12.8 Å². The molecule has 104 valence electrons. The van der Waals surface area contributed by atoms with E-state index in [1.165, 1.54) is 5.69 Å². The number of hydrogen-bond donors (Lipinski definition) is 0. The second-order valence-corrected chi connectivity index (χ2v) is 5.00. The van der Waals surface area contributed by atoms with Crippen LogP contribution in [0, 0.1) is 0 Å². The molecule has 4 nitrogen and oxygen atoms in total. The van der Waals surface area contributed by atoms with Crippen LogP contribution < -0.4 is 4.90 Å². The second kappa shape index (κ2) is 5.92. The zero-order valence-electron chi connectivity index (χ0n) is 11.4. The molecule has 3 rings (SSSR count). The van der Waals surface area contributed by atoms with Crippen LogP contribution in [-0.4, -0.2) is 43.4 Å². The molecule has 1 fully saturated rings. The third-order valence-corrected chi connectivity index (χ3v) is 3.66. The van der Waals surface area contributed by atoms with Gasteiger partial charge in [-0.2, -0.15) is 0 Å². The molecule has 0 amide bonds. The van der Waals surface area contributed by atoms with Crippen molar-refractivity contribution in [3.05, 3.63) is 54.5 Å². The van der Waals surface area contributed by atoms with E-state index in [0.717, 1.165) is 26.2 Å². The van der Waals surface area contributed by atoms with Gasteiger partial charge in [0.25, 0.3) is 0 Å². The molecule has 0 aliphatic carbocycles. The van der Waals surface area contributed by atoms with E-state index in [1.54, 1.807) is 18.4 Å². The Morgan fingerprint density at radius 1 is 1.00 bits per heavy atom. The van der Waals surface area contributed by atoms with Crippen molar-refractivity contribution in [3.8, 4) is 0 Å². The molecule has 20 heavy (non-hydrogen) atoms. The Kier molecular flexibility index (Phi) is 3.83. The molecule has 0 unspecified atom stereocenters. The van der Waals surface area contributed by atoms with E-state index in [1.807, 2.05) is 6.07 Å². The van der Waals surface area contributed by atoms with Crippen LogP contribution in [0.15, 0.2) is 53.1 Å². The predicted octanol–water partition coefficient (Wildman–Crippen LogP) is 2.28. The van der Waals surface area contributed by atoms with E-state index in [2.05, 4.69) is 34.1 Å². The summed E-state index contributed by atoms with van der Waals surface area (Å²) in [7, 11) is 0. The van der Waals surface area contributed by atoms with E-state index in [0.29, 0.717) is 12.3 Å². The van der Waals surface area contributed by atoms with Crippen molar-refractivity contribution in [1.29, 1.82) is 0 Å². The number of ketones is 1. The first-order valence-corrected chi connectivity index (χ1v) is 6.92. The van der Waals surface area contributed by atoms with Crippen molar-refractivity contribution < 1.29 is 9.21 Å². The highest BCUT2D eigenvalue weighted by molar-refractivity contribution is 5.95. The Morgan fingerprint density at radius 2 is 1.75 bits per heavy atom. The molecule has 1 saturated heterocycles. The second-order valence-electron chi connectivity index (χ2n) is 5.00. The number of carbonyl (C=O) groups is 1. The number of piperazine rings is 1. The molecule has 0 atom stereocenters. The number of anilines is 1. The van der Waals surface area contributed by atoms with Crippen molar-refractivity contribution in [1.82, 2.24) is 4.90 Å². The van der Waals surface area contributed by atoms with Crippen LogP contribution in [0.25, 0.3) is 0 Å². The van der Waals surface area contributed by atoms with Gasteiger partial charge in [-0.25, -0.2) is 0 Å². The van der Waals surface area contributed by atoms with Crippen LogP contribution in [0.3, 0.4) is 0 Å². The summed E-state index contributed by atoms with van der Waals surface area (Å²) in [6, 6.07) is 13.9. The summed E-state index contributed by atoms with van der Waals surface area (Å²) < 4.78 is 5.14. The average molecular weight is 270 g/mol. The monoisotopic (exact) mass is 270 g/mol. The van der Waals surface area contributed by atoms with Crippen LogP contribution in [0.1, 0.15) is 10.6 Å². The van der Waals surface area contributed by atoms with Gasteiger partial charge in [-0.05, 0) is 24.3 Å². The first-order chi connectivity index (χ1) is 9.83. The third-order valence-electron chi connectivity index (χ3n) is 3.66. The molecule has 1 aromatic heterocycles. The van der Waals surface area contributed by atoms with Crippen LogP contribution in [0.5, 0.6) is 0 Å². The Labute approximate surface area is 118 Å². The molecule has 0 radical (unpaired) electrons. The smallest absolute Gasteiger partial charge is 0.211 e. The highest BCUT2D eigenvalue weighted by atomic mass is 16.3. The van der Waals surface area contributed by atoms with Gasteiger partial charge in [-0.15, -0.1) is 0 Å². The molecule has 0 saturated carbocycles. The summed E-state index contributed by atoms with van der Waals surface area (Å²) in [6.45, 7) is 4.16. The highest BCUT2D eigenvalue weighted by Gasteiger charge is 2.20. The van der Waals surface area contributed by atoms with E-state index >= 15 is 0 Å². The lowest BCUT2D eigenvalue weighted by atomic mass is 10.2. The lowest BCUT2D eigenvalue weighted by molar-refractivity contribution is 0.0899. The Morgan fingerprint density at radius 3 is 2.40 bits per heavy atom. The Balaban J connectivity index is 1.53. The van der Waals surface area contributed by atoms with Gasteiger partial charge in [0.1, 0.15) is 0 Å². The molecule has 0 spiro atoms. The molecule has 0 N–H and O–H groups in total. The predicted molar refractivity (Wildman–Crippen MR) is 78.1 cm³/mol. The van der Waals surface area contributed by atoms with Crippen LogP contribution in [0.2, 0.25) is 0 Å². The minimum atomic E-state index is 0.0585. The maximum atomic E-state index is 12.0. The van der Waals surface area contributed by atoms with Gasteiger partial charge in [-0.3, -0.25) is 9.69 Å². The molecule has 0 bridgehead atoms. The van der Waals surface area contributed by atoms with Crippen molar-refractivity contribution in [2.75, 3.05) is 37.6 Å². The van der Waals surface area contributed by atoms with Crippen molar-refractivity contribution in [3.63, 3.8) is 0 Å². The molecular weight excluding hydrogens is 252 g/mol. The topological polar surface area (TPSA) is 36.7 Å². The third kappa shape index (κ3) is 2.91. The van der Waals surface area contributed by atoms with E-state index in [4.69, 9.17) is 4.42 Å². The van der Waals surface area contributed by atoms with Crippen molar-refractivity contribution >= 4 is 11.5 Å². The normalized spacial score (nSPS) is 16.3. The molecule has 1 aliphatic rings. The summed E-state index contributed by atoms with van der Waals surface area (Å²) in [5.41, 5.74) is 1.25. The molecule has 1 aromatic carbocycles. The quantitative estimate of drug-likeness (QED) is 0.799. The Bertz CT molecular complexity index is 543. The van der Waals surface area contributed by atoms with Gasteiger partial charge in [0, 0.05) is 31.9 Å². The molecule has 4 heteroatoms. The van der Waals surface area contributed by atoms with Gasteiger partial charge in [-0.1, -0.05) is 18.2 Å². The van der Waals surface area contributed by atoms with E-state index in [9.17, 15) is 4.79 Å². The highest BCUT2D eigenvalue weighted by Crippen LogP contribution is 2.15. The van der Waals surface area contributed by atoms with E-state index < -0.39 is 0 Å². The lowest BCUT2D eigenvalue weighted by Crippen LogP contribution is -2.47. The van der Waals surface area contributed by atoms with Gasteiger partial charge in [0.2, 0.25) is 5.78 Å². The number of para-hydroxylation sites is 1. The van der Waals surface area contributed by atoms with Crippen LogP contribution in [-0.2, 0) is 0 Å². The number of benzene rings is 1. The summed E-state index contributed by atoms with van der Waals surface area (Å²) in [4.78, 5) is 16.5. The fourth-order valence-corrected chi connectivity index (χ4v) is 2.52. The fourth-order valence-electron chi connectivity index (χ4n) is 2.52. The maximum Gasteiger partial charge on any atom is 0.211 e. The molecule has 2 aromatic rings. The number of Topliss-reactive ketones (excluding diaryl/α,β-unsaturated/α-hetero) is 1. The van der Waals surface area contributed by atoms with Crippen LogP contribution in [0.4, 0.5) is 5.69 Å². The summed E-state index contributed by atoms with van der Waals surface area (Å²) in [5.74, 6) is 0.513. The minimum absolute atomic E-state index is 0.0585. The summed E-state index contributed by atoms with van der Waals surface area (Å²) in [6.07, 6.45) is 1.54. The SMILES string of the molecule is O=C(CN1CCN(c2ccccc2)CC1)c1ccco1. The standard InChI is InChI=1S/C16H18N2O2/c19-15(16-7-4-12-20-16)13-17-8-10-18(11-9-17)14-5-2-1-3-6-14/h1-7,12H,8-11,13H2. The first kappa shape index (κ1) is 12.9. The van der Waals surface area contributed by atoms with Gasteiger partial charge in [0.15, 0.2) is 5.76 Å². The largest absolute Gasteiger partial charge is 0.461 e. The van der Waals surface area contributed by atoms with Crippen molar-refractivity contribution in [2.45, 2.75) is 0 Å². The van der Waals surface area contributed by atoms with Crippen LogP contribution >= 0.6 is 0 Å². The zero-order valence-corrected chi connectivity index (χ0v) is 11.4. The number of rotatable bonds is 4. The zero-order chi connectivity index (χ0) is 13.8. The average Bonchev–Trinajstić information content (AvgIpc) is 3.03. The van der Waals surface area contributed by atoms with Gasteiger partial charge < -0.3 is 9.32 Å². The minimum Gasteiger partial charge on any atom is -0.461 e. The molecule has 1 aliphatic heterocycles. The lowest BCUT2D eigenvalue weighted by Gasteiger charge is -2.35. The summed E-state index contributed by atoms with van der Waals surface area (Å²) in [5, 5.41) is 0. The van der Waals surface area contributed by atoms with Crippen molar-refractivity contribution in [2.24, 2.45) is 0 Å². The number of nitrogens with zero attached hydrogens (tertiary/aromatic N) is 2. The number of hydrogen-bond acceptors (Lipinski definition) is 4. The fraction of sp³-hybridized carbons (Fsp3) is 0.312. The maximum absolute atomic E-state index is 12.0. The molecular formula is C16H18N2O2. The number of carbonyl (C=O) groups excluding carboxylic acids is 1. The number of furan rings is 1. The molecule has 2 heterocycles. The van der Waals surface area contributed by atoms with Gasteiger partial charge >= 0.3 is 0 Å².